The molecule has 118 valence electrons. The van der Waals surface area contributed by atoms with E-state index in [-0.39, 0.29) is 5.56 Å². The summed E-state index contributed by atoms with van der Waals surface area (Å²) in [6.07, 6.45) is 2.96. The molecule has 1 aromatic carbocycles. The number of halogens is 2. The molecule has 2 N–H and O–H groups in total. The molecule has 21 heavy (non-hydrogen) atoms. The molecule has 1 heterocycles. The summed E-state index contributed by atoms with van der Waals surface area (Å²) in [6, 6.07) is 3.71. The van der Waals surface area contributed by atoms with Gasteiger partial charge in [-0.1, -0.05) is 12.1 Å². The van der Waals surface area contributed by atoms with Crippen molar-refractivity contribution in [2.45, 2.75) is 25.3 Å². The lowest BCUT2D eigenvalue weighted by molar-refractivity contribution is 0.0892. The highest BCUT2D eigenvalue weighted by atomic mass is 19.2. The SMILES string of the molecule is COCC1CCCN(CCC(N)c2cccc(F)c2F)C1. The molecule has 1 aliphatic rings. The Hall–Kier alpha value is -1.04. The molecule has 2 unspecified atom stereocenters. The first kappa shape index (κ1) is 16.3. The van der Waals surface area contributed by atoms with Gasteiger partial charge in [0.25, 0.3) is 0 Å². The fraction of sp³-hybridized carbons (Fsp3) is 0.625. The quantitative estimate of drug-likeness (QED) is 0.877. The molecular formula is C16H24F2N2O. The van der Waals surface area contributed by atoms with E-state index < -0.39 is 17.7 Å². The van der Waals surface area contributed by atoms with Crippen molar-refractivity contribution in [1.29, 1.82) is 0 Å². The number of likely N-dealkylation sites (tertiary alicyclic amines) is 1. The number of nitrogens with two attached hydrogens (primary N) is 1. The van der Waals surface area contributed by atoms with Gasteiger partial charge in [0.1, 0.15) is 0 Å². The Bertz CT molecular complexity index is 454. The highest BCUT2D eigenvalue weighted by Crippen LogP contribution is 2.22. The summed E-state index contributed by atoms with van der Waals surface area (Å²) in [5, 5.41) is 0. The van der Waals surface area contributed by atoms with Crippen molar-refractivity contribution < 1.29 is 13.5 Å². The Morgan fingerprint density at radius 1 is 1.43 bits per heavy atom. The van der Waals surface area contributed by atoms with Gasteiger partial charge in [0.15, 0.2) is 11.6 Å². The highest BCUT2D eigenvalue weighted by Gasteiger charge is 2.21. The number of hydrogen-bond donors (Lipinski definition) is 1. The van der Waals surface area contributed by atoms with E-state index in [2.05, 4.69) is 4.90 Å². The first-order valence-corrected chi connectivity index (χ1v) is 7.52. The fourth-order valence-corrected chi connectivity index (χ4v) is 3.01. The summed E-state index contributed by atoms with van der Waals surface area (Å²) in [7, 11) is 1.72. The van der Waals surface area contributed by atoms with Crippen LogP contribution in [0.15, 0.2) is 18.2 Å². The van der Waals surface area contributed by atoms with Gasteiger partial charge >= 0.3 is 0 Å². The van der Waals surface area contributed by atoms with Crippen molar-refractivity contribution in [3.05, 3.63) is 35.4 Å². The lowest BCUT2D eigenvalue weighted by Crippen LogP contribution is -2.38. The van der Waals surface area contributed by atoms with Crippen LogP contribution in [0.25, 0.3) is 0 Å². The summed E-state index contributed by atoms with van der Waals surface area (Å²) >= 11 is 0. The van der Waals surface area contributed by atoms with Gasteiger partial charge in [-0.25, -0.2) is 8.78 Å². The van der Waals surface area contributed by atoms with Crippen LogP contribution in [0.4, 0.5) is 8.78 Å². The number of benzene rings is 1. The van der Waals surface area contributed by atoms with E-state index in [0.29, 0.717) is 12.3 Å². The van der Waals surface area contributed by atoms with Gasteiger partial charge in [0, 0.05) is 25.3 Å². The van der Waals surface area contributed by atoms with E-state index >= 15 is 0 Å². The van der Waals surface area contributed by atoms with Crippen LogP contribution >= 0.6 is 0 Å². The molecule has 0 spiro atoms. The van der Waals surface area contributed by atoms with Gasteiger partial charge in [-0.15, -0.1) is 0 Å². The molecule has 1 aromatic rings. The van der Waals surface area contributed by atoms with E-state index in [1.165, 1.54) is 12.5 Å². The maximum atomic E-state index is 13.7. The average molecular weight is 298 g/mol. The monoisotopic (exact) mass is 298 g/mol. The zero-order valence-electron chi connectivity index (χ0n) is 12.5. The van der Waals surface area contributed by atoms with E-state index in [0.717, 1.165) is 38.7 Å². The zero-order chi connectivity index (χ0) is 15.2. The Labute approximate surface area is 125 Å². The second-order valence-corrected chi connectivity index (χ2v) is 5.80. The number of hydrogen-bond acceptors (Lipinski definition) is 3. The van der Waals surface area contributed by atoms with Crippen LogP contribution in [0.2, 0.25) is 0 Å². The van der Waals surface area contributed by atoms with Crippen molar-refractivity contribution in [3.8, 4) is 0 Å². The van der Waals surface area contributed by atoms with Gasteiger partial charge < -0.3 is 15.4 Å². The summed E-state index contributed by atoms with van der Waals surface area (Å²) < 4.78 is 32.1. The lowest BCUT2D eigenvalue weighted by Gasteiger charge is -2.33. The molecule has 0 saturated carbocycles. The summed E-state index contributed by atoms with van der Waals surface area (Å²) in [5.41, 5.74) is 6.28. The van der Waals surface area contributed by atoms with Gasteiger partial charge in [0.05, 0.1) is 6.61 Å². The Morgan fingerprint density at radius 3 is 3.00 bits per heavy atom. The van der Waals surface area contributed by atoms with Crippen molar-refractivity contribution in [3.63, 3.8) is 0 Å². The third-order valence-corrected chi connectivity index (χ3v) is 4.14. The Balaban J connectivity index is 1.86. The predicted molar refractivity (Wildman–Crippen MR) is 78.9 cm³/mol. The van der Waals surface area contributed by atoms with Crippen LogP contribution < -0.4 is 5.73 Å². The minimum atomic E-state index is -0.832. The highest BCUT2D eigenvalue weighted by molar-refractivity contribution is 5.22. The summed E-state index contributed by atoms with van der Waals surface area (Å²) in [6.45, 7) is 3.61. The van der Waals surface area contributed by atoms with E-state index in [4.69, 9.17) is 10.5 Å². The van der Waals surface area contributed by atoms with E-state index in [1.807, 2.05) is 0 Å². The van der Waals surface area contributed by atoms with Crippen molar-refractivity contribution in [2.24, 2.45) is 11.7 Å². The molecule has 0 radical (unpaired) electrons. The summed E-state index contributed by atoms with van der Waals surface area (Å²) in [5.74, 6) is -1.09. The second kappa shape index (κ2) is 7.82. The molecule has 0 aromatic heterocycles. The Morgan fingerprint density at radius 2 is 2.24 bits per heavy atom. The lowest BCUT2D eigenvalue weighted by atomic mass is 9.97. The first-order valence-electron chi connectivity index (χ1n) is 7.52. The molecule has 2 rings (SSSR count). The topological polar surface area (TPSA) is 38.5 Å². The van der Waals surface area contributed by atoms with Gasteiger partial charge in [0.2, 0.25) is 0 Å². The molecule has 0 amide bonds. The fourth-order valence-electron chi connectivity index (χ4n) is 3.01. The van der Waals surface area contributed by atoms with Crippen molar-refractivity contribution in [2.75, 3.05) is 33.4 Å². The molecule has 3 nitrogen and oxygen atoms in total. The van der Waals surface area contributed by atoms with Gasteiger partial charge in [-0.2, -0.15) is 0 Å². The van der Waals surface area contributed by atoms with Crippen molar-refractivity contribution >= 4 is 0 Å². The van der Waals surface area contributed by atoms with Crippen LogP contribution in [0.3, 0.4) is 0 Å². The molecule has 1 aliphatic heterocycles. The van der Waals surface area contributed by atoms with Crippen LogP contribution in [0.1, 0.15) is 30.9 Å². The van der Waals surface area contributed by atoms with Crippen LogP contribution in [0, 0.1) is 17.6 Å². The maximum Gasteiger partial charge on any atom is 0.163 e. The maximum absolute atomic E-state index is 13.7. The van der Waals surface area contributed by atoms with Gasteiger partial charge in [-0.3, -0.25) is 0 Å². The van der Waals surface area contributed by atoms with Crippen LogP contribution in [-0.4, -0.2) is 38.3 Å². The molecule has 1 fully saturated rings. The third kappa shape index (κ3) is 4.46. The number of ether oxygens (including phenoxy) is 1. The van der Waals surface area contributed by atoms with E-state index in [1.54, 1.807) is 13.2 Å². The largest absolute Gasteiger partial charge is 0.384 e. The normalized spacial score (nSPS) is 21.4. The summed E-state index contributed by atoms with van der Waals surface area (Å²) in [4.78, 5) is 2.34. The van der Waals surface area contributed by atoms with E-state index in [9.17, 15) is 8.78 Å². The van der Waals surface area contributed by atoms with Gasteiger partial charge in [-0.05, 0) is 44.3 Å². The molecular weight excluding hydrogens is 274 g/mol. The van der Waals surface area contributed by atoms with Crippen LogP contribution in [0.5, 0.6) is 0 Å². The second-order valence-electron chi connectivity index (χ2n) is 5.80. The smallest absolute Gasteiger partial charge is 0.163 e. The number of rotatable bonds is 6. The zero-order valence-corrected chi connectivity index (χ0v) is 12.5. The molecule has 5 heteroatoms. The minimum Gasteiger partial charge on any atom is -0.384 e. The molecule has 2 atom stereocenters. The van der Waals surface area contributed by atoms with Crippen LogP contribution in [-0.2, 0) is 4.74 Å². The molecule has 0 bridgehead atoms. The molecule has 0 aliphatic carbocycles. The predicted octanol–water partition coefficient (Wildman–Crippen LogP) is 2.71. The Kier molecular flexibility index (Phi) is 6.08. The first-order chi connectivity index (χ1) is 10.1. The minimum absolute atomic E-state index is 0.264. The third-order valence-electron chi connectivity index (χ3n) is 4.14. The number of nitrogens with zero attached hydrogens (tertiary/aromatic N) is 1. The van der Waals surface area contributed by atoms with Crippen molar-refractivity contribution in [1.82, 2.24) is 4.90 Å². The number of piperidine rings is 1. The average Bonchev–Trinajstić information content (AvgIpc) is 2.48. The molecule has 1 saturated heterocycles. The standard InChI is InChI=1S/C16H24F2N2O/c1-21-11-12-4-3-8-20(10-12)9-7-15(19)13-5-2-6-14(17)16(13)18/h2,5-6,12,15H,3-4,7-11,19H2,1H3. The number of methoxy groups -OCH3 is 1.